The van der Waals surface area contributed by atoms with E-state index in [2.05, 4.69) is 5.32 Å². The van der Waals surface area contributed by atoms with Crippen LogP contribution in [0, 0.1) is 19.8 Å². The molecule has 0 saturated heterocycles. The number of ether oxygens (including phenoxy) is 1. The molecule has 1 fully saturated rings. The van der Waals surface area contributed by atoms with Crippen LogP contribution >= 0.6 is 0 Å². The van der Waals surface area contributed by atoms with Gasteiger partial charge in [-0.1, -0.05) is 12.5 Å². The van der Waals surface area contributed by atoms with Crippen molar-refractivity contribution in [3.05, 3.63) is 23.3 Å². The summed E-state index contributed by atoms with van der Waals surface area (Å²) in [7, 11) is 1.61. The van der Waals surface area contributed by atoms with Gasteiger partial charge in [0.15, 0.2) is 0 Å². The van der Waals surface area contributed by atoms with Crippen LogP contribution in [-0.4, -0.2) is 18.8 Å². The van der Waals surface area contributed by atoms with Gasteiger partial charge in [0.25, 0.3) is 0 Å². The molecular weight excluding hydrogens is 254 g/mol. The Hall–Kier alpha value is -1.84. The van der Waals surface area contributed by atoms with Gasteiger partial charge in [-0.05, 0) is 38.3 Å². The van der Waals surface area contributed by atoms with E-state index in [1.807, 2.05) is 26.0 Å². The third-order valence-electron chi connectivity index (χ3n) is 3.96. The normalized spacial score (nSPS) is 18.8. The number of anilines is 1. The third kappa shape index (κ3) is 2.84. The standard InChI is InChI=1S/C16H21NO3/c1-10-8-9-14(20-3)11(2)15(10)17-16(19)12-6-4-5-7-13(12)18/h8-9,12H,4-7H2,1-3H3,(H,17,19). The van der Waals surface area contributed by atoms with Crippen LogP contribution in [0.15, 0.2) is 12.1 Å². The molecule has 1 aromatic rings. The number of amides is 1. The Labute approximate surface area is 119 Å². The maximum atomic E-state index is 12.3. The zero-order valence-electron chi connectivity index (χ0n) is 12.3. The lowest BCUT2D eigenvalue weighted by Gasteiger charge is -2.21. The molecule has 2 rings (SSSR count). The molecule has 0 aromatic heterocycles. The Bertz CT molecular complexity index is 537. The van der Waals surface area contributed by atoms with E-state index in [1.54, 1.807) is 7.11 Å². The molecule has 0 aliphatic heterocycles. The van der Waals surface area contributed by atoms with Crippen LogP contribution in [0.5, 0.6) is 5.75 Å². The van der Waals surface area contributed by atoms with E-state index < -0.39 is 5.92 Å². The molecule has 0 radical (unpaired) electrons. The molecule has 1 atom stereocenters. The van der Waals surface area contributed by atoms with Gasteiger partial charge in [0.05, 0.1) is 18.7 Å². The van der Waals surface area contributed by atoms with Crippen molar-refractivity contribution >= 4 is 17.4 Å². The van der Waals surface area contributed by atoms with Gasteiger partial charge < -0.3 is 10.1 Å². The second kappa shape index (κ2) is 6.07. The molecule has 108 valence electrons. The van der Waals surface area contributed by atoms with E-state index in [1.165, 1.54) is 0 Å². The first kappa shape index (κ1) is 14.6. The smallest absolute Gasteiger partial charge is 0.234 e. The molecule has 1 amide bonds. The van der Waals surface area contributed by atoms with Crippen LogP contribution < -0.4 is 10.1 Å². The summed E-state index contributed by atoms with van der Waals surface area (Å²) in [4.78, 5) is 24.1. The Morgan fingerprint density at radius 3 is 2.70 bits per heavy atom. The van der Waals surface area contributed by atoms with Crippen molar-refractivity contribution in [3.63, 3.8) is 0 Å². The number of hydrogen-bond donors (Lipinski definition) is 1. The summed E-state index contributed by atoms with van der Waals surface area (Å²) in [6.45, 7) is 3.84. The minimum atomic E-state index is -0.492. The summed E-state index contributed by atoms with van der Waals surface area (Å²) in [5, 5.41) is 2.91. The van der Waals surface area contributed by atoms with E-state index in [4.69, 9.17) is 4.74 Å². The molecule has 4 heteroatoms. The van der Waals surface area contributed by atoms with Crippen molar-refractivity contribution in [1.82, 2.24) is 0 Å². The van der Waals surface area contributed by atoms with Crippen molar-refractivity contribution in [3.8, 4) is 5.75 Å². The number of benzene rings is 1. The van der Waals surface area contributed by atoms with Gasteiger partial charge in [-0.3, -0.25) is 9.59 Å². The van der Waals surface area contributed by atoms with Gasteiger partial charge in [-0.2, -0.15) is 0 Å². The predicted octanol–water partition coefficient (Wildman–Crippen LogP) is 3.01. The van der Waals surface area contributed by atoms with Crippen LogP contribution in [0.2, 0.25) is 0 Å². The Balaban J connectivity index is 2.21. The lowest BCUT2D eigenvalue weighted by molar-refractivity contribution is -0.132. The van der Waals surface area contributed by atoms with E-state index in [9.17, 15) is 9.59 Å². The van der Waals surface area contributed by atoms with E-state index >= 15 is 0 Å². The van der Waals surface area contributed by atoms with Gasteiger partial charge in [0, 0.05) is 12.0 Å². The summed E-state index contributed by atoms with van der Waals surface area (Å²) in [5.74, 6) is 0.121. The Morgan fingerprint density at radius 1 is 1.30 bits per heavy atom. The molecule has 4 nitrogen and oxygen atoms in total. The second-order valence-corrected chi connectivity index (χ2v) is 5.34. The minimum Gasteiger partial charge on any atom is -0.496 e. The zero-order valence-corrected chi connectivity index (χ0v) is 12.3. The number of methoxy groups -OCH3 is 1. The average molecular weight is 275 g/mol. The molecule has 1 unspecified atom stereocenters. The summed E-state index contributed by atoms with van der Waals surface area (Å²) < 4.78 is 5.27. The zero-order chi connectivity index (χ0) is 14.7. The molecule has 20 heavy (non-hydrogen) atoms. The number of carbonyl (C=O) groups excluding carboxylic acids is 2. The number of ketones is 1. The fourth-order valence-corrected chi connectivity index (χ4v) is 2.71. The molecule has 0 heterocycles. The van der Waals surface area contributed by atoms with Crippen LogP contribution in [0.4, 0.5) is 5.69 Å². The fraction of sp³-hybridized carbons (Fsp3) is 0.500. The van der Waals surface area contributed by atoms with Gasteiger partial charge in [0.1, 0.15) is 11.5 Å². The lowest BCUT2D eigenvalue weighted by Crippen LogP contribution is -2.32. The minimum absolute atomic E-state index is 0.0620. The Morgan fingerprint density at radius 2 is 2.05 bits per heavy atom. The van der Waals surface area contributed by atoms with Crippen LogP contribution in [0.3, 0.4) is 0 Å². The first-order valence-corrected chi connectivity index (χ1v) is 7.02. The molecule has 1 aromatic carbocycles. The summed E-state index contributed by atoms with van der Waals surface area (Å²) in [5.41, 5.74) is 2.62. The maximum absolute atomic E-state index is 12.3. The summed E-state index contributed by atoms with van der Waals surface area (Å²) in [6, 6.07) is 3.79. The number of hydrogen-bond acceptors (Lipinski definition) is 3. The third-order valence-corrected chi connectivity index (χ3v) is 3.96. The number of carbonyl (C=O) groups is 2. The number of aryl methyl sites for hydroxylation is 1. The number of Topliss-reactive ketones (excluding diaryl/α,β-unsaturated/α-hetero) is 1. The maximum Gasteiger partial charge on any atom is 0.234 e. The molecule has 1 aliphatic carbocycles. The Kier molecular flexibility index (Phi) is 4.42. The number of nitrogens with one attached hydrogen (secondary N) is 1. The largest absolute Gasteiger partial charge is 0.496 e. The SMILES string of the molecule is COc1ccc(C)c(NC(=O)C2CCCCC2=O)c1C. The fourth-order valence-electron chi connectivity index (χ4n) is 2.71. The molecular formula is C16H21NO3. The van der Waals surface area contributed by atoms with Crippen molar-refractivity contribution < 1.29 is 14.3 Å². The predicted molar refractivity (Wildman–Crippen MR) is 78.1 cm³/mol. The van der Waals surface area contributed by atoms with Gasteiger partial charge in [-0.25, -0.2) is 0 Å². The highest BCUT2D eigenvalue weighted by atomic mass is 16.5. The molecule has 1 N–H and O–H groups in total. The quantitative estimate of drug-likeness (QED) is 0.863. The average Bonchev–Trinajstić information content (AvgIpc) is 2.44. The lowest BCUT2D eigenvalue weighted by atomic mass is 9.87. The molecule has 0 spiro atoms. The van der Waals surface area contributed by atoms with Crippen molar-refractivity contribution in [2.24, 2.45) is 5.92 Å². The molecule has 1 saturated carbocycles. The first-order chi connectivity index (χ1) is 9.54. The van der Waals surface area contributed by atoms with Crippen LogP contribution in [0.1, 0.15) is 36.8 Å². The van der Waals surface area contributed by atoms with Gasteiger partial charge in [-0.15, -0.1) is 0 Å². The van der Waals surface area contributed by atoms with Crippen LogP contribution in [-0.2, 0) is 9.59 Å². The van der Waals surface area contributed by atoms with E-state index in [0.717, 1.165) is 35.4 Å². The van der Waals surface area contributed by atoms with Gasteiger partial charge in [0.2, 0.25) is 5.91 Å². The number of rotatable bonds is 3. The molecule has 0 bridgehead atoms. The van der Waals surface area contributed by atoms with Gasteiger partial charge >= 0.3 is 0 Å². The topological polar surface area (TPSA) is 55.4 Å². The first-order valence-electron chi connectivity index (χ1n) is 7.02. The highest BCUT2D eigenvalue weighted by Gasteiger charge is 2.29. The van der Waals surface area contributed by atoms with E-state index in [0.29, 0.717) is 12.8 Å². The molecule has 1 aliphatic rings. The monoisotopic (exact) mass is 275 g/mol. The van der Waals surface area contributed by atoms with E-state index in [-0.39, 0.29) is 11.7 Å². The summed E-state index contributed by atoms with van der Waals surface area (Å²) >= 11 is 0. The second-order valence-electron chi connectivity index (χ2n) is 5.34. The van der Waals surface area contributed by atoms with Crippen molar-refractivity contribution in [2.45, 2.75) is 39.5 Å². The summed E-state index contributed by atoms with van der Waals surface area (Å²) in [6.07, 6.45) is 3.03. The highest BCUT2D eigenvalue weighted by Crippen LogP contribution is 2.30. The van der Waals surface area contributed by atoms with Crippen molar-refractivity contribution in [1.29, 1.82) is 0 Å². The highest BCUT2D eigenvalue weighted by molar-refractivity contribution is 6.08. The van der Waals surface area contributed by atoms with Crippen LogP contribution in [0.25, 0.3) is 0 Å². The van der Waals surface area contributed by atoms with Crippen molar-refractivity contribution in [2.75, 3.05) is 12.4 Å².